The van der Waals surface area contributed by atoms with Crippen molar-refractivity contribution in [2.45, 2.75) is 43.9 Å². The molecule has 21 heavy (non-hydrogen) atoms. The molecule has 6 heteroatoms. The normalized spacial score (nSPS) is 25.5. The summed E-state index contributed by atoms with van der Waals surface area (Å²) in [5, 5.41) is 13.5. The molecule has 0 radical (unpaired) electrons. The van der Waals surface area contributed by atoms with Gasteiger partial charge in [0.15, 0.2) is 0 Å². The van der Waals surface area contributed by atoms with Gasteiger partial charge in [0.1, 0.15) is 23.8 Å². The first kappa shape index (κ1) is 15.7. The van der Waals surface area contributed by atoms with Gasteiger partial charge in [-0.25, -0.2) is 4.39 Å². The fourth-order valence-corrected chi connectivity index (χ4v) is 2.56. The van der Waals surface area contributed by atoms with Crippen LogP contribution >= 0.6 is 0 Å². The minimum atomic E-state index is -0.670. The highest BCUT2D eigenvalue weighted by atomic mass is 19.1. The number of carbonyl (C=O) groups is 1. The lowest BCUT2D eigenvalue weighted by Crippen LogP contribution is -2.51. The first-order valence-electron chi connectivity index (χ1n) is 7.18. The Hall–Kier alpha value is -1.66. The lowest BCUT2D eigenvalue weighted by Gasteiger charge is -2.35. The van der Waals surface area contributed by atoms with E-state index in [1.54, 1.807) is 12.1 Å². The van der Waals surface area contributed by atoms with Crippen LogP contribution in [0.3, 0.4) is 0 Å². The van der Waals surface area contributed by atoms with E-state index in [0.717, 1.165) is 19.3 Å². The van der Waals surface area contributed by atoms with Crippen molar-refractivity contribution in [1.29, 1.82) is 0 Å². The SMILES string of the molecule is NC(=O)CCN[C@H]1CCC[C@@H](Oc2ccc(F)cc2)[C@@H]1O. The maximum atomic E-state index is 12.9. The molecule has 0 heterocycles. The van der Waals surface area contributed by atoms with E-state index in [1.165, 1.54) is 12.1 Å². The van der Waals surface area contributed by atoms with E-state index < -0.39 is 6.10 Å². The number of aliphatic hydroxyl groups excluding tert-OH is 1. The van der Waals surface area contributed by atoms with E-state index in [-0.39, 0.29) is 30.3 Å². The first-order chi connectivity index (χ1) is 10.1. The summed E-state index contributed by atoms with van der Waals surface area (Å²) < 4.78 is 18.6. The van der Waals surface area contributed by atoms with Gasteiger partial charge in [0, 0.05) is 19.0 Å². The molecule has 0 spiro atoms. The fraction of sp³-hybridized carbons (Fsp3) is 0.533. The van der Waals surface area contributed by atoms with E-state index in [9.17, 15) is 14.3 Å². The summed E-state index contributed by atoms with van der Waals surface area (Å²) in [6.45, 7) is 0.445. The highest BCUT2D eigenvalue weighted by molar-refractivity contribution is 5.73. The van der Waals surface area contributed by atoms with Crippen molar-refractivity contribution in [2.24, 2.45) is 5.73 Å². The lowest BCUT2D eigenvalue weighted by atomic mass is 9.89. The number of nitrogens with two attached hydrogens (primary N) is 1. The van der Waals surface area contributed by atoms with Gasteiger partial charge in [0.2, 0.25) is 5.91 Å². The Morgan fingerprint density at radius 3 is 2.76 bits per heavy atom. The zero-order valence-electron chi connectivity index (χ0n) is 11.8. The van der Waals surface area contributed by atoms with Gasteiger partial charge in [-0.2, -0.15) is 0 Å². The summed E-state index contributed by atoms with van der Waals surface area (Å²) >= 11 is 0. The molecule has 0 aliphatic heterocycles. The first-order valence-corrected chi connectivity index (χ1v) is 7.18. The topological polar surface area (TPSA) is 84.6 Å². The van der Waals surface area contributed by atoms with Crippen LogP contribution in [0.15, 0.2) is 24.3 Å². The number of rotatable bonds is 6. The summed E-state index contributed by atoms with van der Waals surface area (Å²) in [5.41, 5.74) is 5.09. The Bertz CT molecular complexity index is 466. The molecule has 1 saturated carbocycles. The van der Waals surface area contributed by atoms with E-state index >= 15 is 0 Å². The van der Waals surface area contributed by atoms with Crippen LogP contribution in [-0.4, -0.2) is 35.8 Å². The maximum absolute atomic E-state index is 12.9. The van der Waals surface area contributed by atoms with Crippen LogP contribution in [0.1, 0.15) is 25.7 Å². The molecular formula is C15H21FN2O3. The second kappa shape index (κ2) is 7.38. The van der Waals surface area contributed by atoms with Crippen LogP contribution in [-0.2, 0) is 4.79 Å². The van der Waals surface area contributed by atoms with Gasteiger partial charge < -0.3 is 20.9 Å². The minimum absolute atomic E-state index is 0.122. The monoisotopic (exact) mass is 296 g/mol. The Balaban J connectivity index is 1.88. The predicted molar refractivity (Wildman–Crippen MR) is 76.3 cm³/mol. The van der Waals surface area contributed by atoms with Crippen molar-refractivity contribution in [3.63, 3.8) is 0 Å². The average molecular weight is 296 g/mol. The lowest BCUT2D eigenvalue weighted by molar-refractivity contribution is -0.118. The smallest absolute Gasteiger partial charge is 0.218 e. The molecule has 0 bridgehead atoms. The molecule has 1 fully saturated rings. The molecular weight excluding hydrogens is 275 g/mol. The highest BCUT2D eigenvalue weighted by Crippen LogP contribution is 2.24. The molecule has 1 aromatic carbocycles. The van der Waals surface area contributed by atoms with Crippen molar-refractivity contribution in [1.82, 2.24) is 5.32 Å². The van der Waals surface area contributed by atoms with Gasteiger partial charge in [-0.15, -0.1) is 0 Å². The Labute approximate surface area is 123 Å². The number of amides is 1. The third-order valence-corrected chi connectivity index (χ3v) is 3.68. The van der Waals surface area contributed by atoms with Crippen LogP contribution < -0.4 is 15.8 Å². The van der Waals surface area contributed by atoms with Crippen molar-refractivity contribution in [2.75, 3.05) is 6.54 Å². The maximum Gasteiger partial charge on any atom is 0.218 e. The number of benzene rings is 1. The summed E-state index contributed by atoms with van der Waals surface area (Å²) in [7, 11) is 0. The summed E-state index contributed by atoms with van der Waals surface area (Å²) in [6, 6.07) is 5.63. The van der Waals surface area contributed by atoms with Gasteiger partial charge in [-0.3, -0.25) is 4.79 Å². The second-order valence-corrected chi connectivity index (χ2v) is 5.31. The average Bonchev–Trinajstić information content (AvgIpc) is 2.45. The molecule has 0 unspecified atom stereocenters. The van der Waals surface area contributed by atoms with Crippen LogP contribution in [0.5, 0.6) is 5.75 Å². The molecule has 1 aromatic rings. The summed E-state index contributed by atoms with van der Waals surface area (Å²) in [4.78, 5) is 10.7. The van der Waals surface area contributed by atoms with Crippen molar-refractivity contribution >= 4 is 5.91 Å². The number of hydrogen-bond donors (Lipinski definition) is 3. The van der Waals surface area contributed by atoms with Gasteiger partial charge in [0.05, 0.1) is 0 Å². The Morgan fingerprint density at radius 1 is 1.38 bits per heavy atom. The summed E-state index contributed by atoms with van der Waals surface area (Å²) in [6.07, 6.45) is 1.71. The van der Waals surface area contributed by atoms with Gasteiger partial charge in [-0.05, 0) is 43.5 Å². The molecule has 1 amide bonds. The van der Waals surface area contributed by atoms with Gasteiger partial charge in [-0.1, -0.05) is 0 Å². The van der Waals surface area contributed by atoms with Crippen LogP contribution in [0.4, 0.5) is 4.39 Å². The van der Waals surface area contributed by atoms with E-state index in [0.29, 0.717) is 12.3 Å². The van der Waals surface area contributed by atoms with Crippen molar-refractivity contribution < 1.29 is 19.0 Å². The van der Waals surface area contributed by atoms with Gasteiger partial charge in [0.25, 0.3) is 0 Å². The standard InChI is InChI=1S/C15H21FN2O3/c16-10-4-6-11(7-5-10)21-13-3-1-2-12(15(13)20)18-9-8-14(17)19/h4-7,12-13,15,18,20H,1-3,8-9H2,(H2,17,19)/t12-,13+,15+/m0/s1. The van der Waals surface area contributed by atoms with E-state index in [2.05, 4.69) is 5.32 Å². The molecule has 2 rings (SSSR count). The van der Waals surface area contributed by atoms with E-state index in [1.807, 2.05) is 0 Å². The molecule has 116 valence electrons. The predicted octanol–water partition coefficient (Wildman–Crippen LogP) is 0.951. The van der Waals surface area contributed by atoms with Crippen molar-refractivity contribution in [3.05, 3.63) is 30.1 Å². The molecule has 1 aliphatic rings. The molecule has 0 saturated heterocycles. The second-order valence-electron chi connectivity index (χ2n) is 5.31. The molecule has 0 aromatic heterocycles. The zero-order valence-corrected chi connectivity index (χ0v) is 11.8. The fourth-order valence-electron chi connectivity index (χ4n) is 2.56. The molecule has 3 atom stereocenters. The third kappa shape index (κ3) is 4.68. The Morgan fingerprint density at radius 2 is 2.10 bits per heavy atom. The number of aliphatic hydroxyl groups is 1. The number of nitrogens with one attached hydrogen (secondary N) is 1. The summed E-state index contributed by atoms with van der Waals surface area (Å²) in [5.74, 6) is -0.150. The quantitative estimate of drug-likeness (QED) is 0.730. The van der Waals surface area contributed by atoms with E-state index in [4.69, 9.17) is 10.5 Å². The number of halogens is 1. The van der Waals surface area contributed by atoms with Crippen molar-refractivity contribution in [3.8, 4) is 5.75 Å². The molecule has 1 aliphatic carbocycles. The van der Waals surface area contributed by atoms with Crippen LogP contribution in [0.25, 0.3) is 0 Å². The minimum Gasteiger partial charge on any atom is -0.488 e. The van der Waals surface area contributed by atoms with Gasteiger partial charge >= 0.3 is 0 Å². The molecule has 5 nitrogen and oxygen atoms in total. The third-order valence-electron chi connectivity index (χ3n) is 3.68. The highest BCUT2D eigenvalue weighted by Gasteiger charge is 2.33. The number of hydrogen-bond acceptors (Lipinski definition) is 4. The van der Waals surface area contributed by atoms with Crippen LogP contribution in [0, 0.1) is 5.82 Å². The molecule has 4 N–H and O–H groups in total. The zero-order chi connectivity index (χ0) is 15.2. The Kier molecular flexibility index (Phi) is 5.52. The largest absolute Gasteiger partial charge is 0.488 e. The number of primary amides is 1. The number of ether oxygens (including phenoxy) is 1. The number of carbonyl (C=O) groups excluding carboxylic acids is 1. The van der Waals surface area contributed by atoms with Crippen LogP contribution in [0.2, 0.25) is 0 Å².